The summed E-state index contributed by atoms with van der Waals surface area (Å²) in [5.74, 6) is 0. The maximum absolute atomic E-state index is 6.12. The van der Waals surface area contributed by atoms with Gasteiger partial charge in [-0.05, 0) is 38.8 Å². The van der Waals surface area contributed by atoms with E-state index in [9.17, 15) is 0 Å². The van der Waals surface area contributed by atoms with Gasteiger partial charge in [-0.25, -0.2) is 4.98 Å². The fourth-order valence-corrected chi connectivity index (χ4v) is 2.83. The van der Waals surface area contributed by atoms with Crippen LogP contribution in [0.2, 0.25) is 0 Å². The third kappa shape index (κ3) is 3.83. The van der Waals surface area contributed by atoms with Gasteiger partial charge in [0, 0.05) is 18.8 Å². The second kappa shape index (κ2) is 7.79. The van der Waals surface area contributed by atoms with Gasteiger partial charge in [-0.2, -0.15) is 0 Å². The summed E-state index contributed by atoms with van der Waals surface area (Å²) in [6.07, 6.45) is 11.6. The monoisotopic (exact) mass is 278 g/mol. The van der Waals surface area contributed by atoms with Crippen molar-refractivity contribution >= 4 is 0 Å². The second-order valence-corrected chi connectivity index (χ2v) is 5.95. The van der Waals surface area contributed by atoms with E-state index >= 15 is 0 Å². The van der Waals surface area contributed by atoms with E-state index in [-0.39, 0.29) is 0 Å². The minimum absolute atomic E-state index is 0.330. The molecular formula is C16H30N4. The average Bonchev–Trinajstić information content (AvgIpc) is 3.21. The molecule has 0 spiro atoms. The van der Waals surface area contributed by atoms with Crippen molar-refractivity contribution in [2.24, 2.45) is 5.73 Å². The summed E-state index contributed by atoms with van der Waals surface area (Å²) in [6, 6.07) is 1.01. The van der Waals surface area contributed by atoms with Gasteiger partial charge in [0.1, 0.15) is 0 Å². The normalized spacial score (nSPS) is 16.8. The van der Waals surface area contributed by atoms with E-state index < -0.39 is 0 Å². The average molecular weight is 278 g/mol. The van der Waals surface area contributed by atoms with Crippen molar-refractivity contribution in [3.8, 4) is 0 Å². The zero-order valence-corrected chi connectivity index (χ0v) is 13.1. The Kier molecular flexibility index (Phi) is 6.05. The van der Waals surface area contributed by atoms with E-state index in [1.807, 2.05) is 12.5 Å². The van der Waals surface area contributed by atoms with Crippen molar-refractivity contribution in [3.05, 3.63) is 18.2 Å². The molecule has 0 aromatic carbocycles. The van der Waals surface area contributed by atoms with Crippen LogP contribution in [0.25, 0.3) is 0 Å². The molecule has 1 heterocycles. The van der Waals surface area contributed by atoms with E-state index in [4.69, 9.17) is 5.73 Å². The number of hydrogen-bond acceptors (Lipinski definition) is 3. The predicted octanol–water partition coefficient (Wildman–Crippen LogP) is 3.12. The lowest BCUT2D eigenvalue weighted by Crippen LogP contribution is -2.36. The molecule has 1 aliphatic carbocycles. The molecule has 2 rings (SSSR count). The van der Waals surface area contributed by atoms with Gasteiger partial charge in [0.05, 0.1) is 18.1 Å². The maximum atomic E-state index is 6.12. The minimum atomic E-state index is 0.330. The number of hydrogen-bond donors (Lipinski definition) is 1. The highest BCUT2D eigenvalue weighted by Gasteiger charge is 2.29. The Hall–Kier alpha value is -0.870. The van der Waals surface area contributed by atoms with Crippen LogP contribution in [0.5, 0.6) is 0 Å². The summed E-state index contributed by atoms with van der Waals surface area (Å²) in [6.45, 7) is 7.49. The zero-order chi connectivity index (χ0) is 14.4. The van der Waals surface area contributed by atoms with Gasteiger partial charge in [-0.15, -0.1) is 0 Å². The third-order valence-corrected chi connectivity index (χ3v) is 4.24. The first-order chi connectivity index (χ1) is 9.81. The van der Waals surface area contributed by atoms with Gasteiger partial charge in [0.15, 0.2) is 0 Å². The SMILES string of the molecule is CCCCN(CCCC)C(CN)c1cncn1C1CC1. The Labute approximate surface area is 123 Å². The quantitative estimate of drug-likeness (QED) is 0.715. The van der Waals surface area contributed by atoms with E-state index in [1.54, 1.807) is 0 Å². The summed E-state index contributed by atoms with van der Waals surface area (Å²) in [5.41, 5.74) is 7.44. The van der Waals surface area contributed by atoms with Crippen molar-refractivity contribution in [3.63, 3.8) is 0 Å². The van der Waals surface area contributed by atoms with E-state index in [1.165, 1.54) is 44.2 Å². The Morgan fingerprint density at radius 1 is 1.30 bits per heavy atom. The molecule has 4 heteroatoms. The smallest absolute Gasteiger partial charge is 0.0951 e. The van der Waals surface area contributed by atoms with Gasteiger partial charge < -0.3 is 10.3 Å². The molecule has 0 radical (unpaired) electrons. The zero-order valence-electron chi connectivity index (χ0n) is 13.1. The van der Waals surface area contributed by atoms with Crippen LogP contribution in [-0.4, -0.2) is 34.1 Å². The number of rotatable bonds is 10. The topological polar surface area (TPSA) is 47.1 Å². The van der Waals surface area contributed by atoms with Crippen molar-refractivity contribution in [2.45, 2.75) is 64.5 Å². The van der Waals surface area contributed by atoms with E-state index in [0.717, 1.165) is 13.1 Å². The summed E-state index contributed by atoms with van der Waals surface area (Å²) in [5, 5.41) is 0. The van der Waals surface area contributed by atoms with Crippen LogP contribution in [0.4, 0.5) is 0 Å². The number of nitrogens with two attached hydrogens (primary N) is 1. The molecule has 1 aromatic rings. The third-order valence-electron chi connectivity index (χ3n) is 4.24. The van der Waals surface area contributed by atoms with Crippen LogP contribution < -0.4 is 5.73 Å². The first-order valence-electron chi connectivity index (χ1n) is 8.27. The molecule has 2 N–H and O–H groups in total. The van der Waals surface area contributed by atoms with Crippen molar-refractivity contribution < 1.29 is 0 Å². The molecule has 1 atom stereocenters. The first-order valence-corrected chi connectivity index (χ1v) is 8.27. The van der Waals surface area contributed by atoms with Crippen LogP contribution in [0.3, 0.4) is 0 Å². The fraction of sp³-hybridized carbons (Fsp3) is 0.812. The number of imidazole rings is 1. The van der Waals surface area contributed by atoms with Crippen LogP contribution in [0.1, 0.15) is 70.2 Å². The Bertz CT molecular complexity index is 376. The van der Waals surface area contributed by atoms with E-state index in [2.05, 4.69) is 28.3 Å². The van der Waals surface area contributed by atoms with Crippen LogP contribution >= 0.6 is 0 Å². The lowest BCUT2D eigenvalue weighted by atomic mass is 10.1. The molecule has 1 saturated carbocycles. The predicted molar refractivity (Wildman–Crippen MR) is 83.7 cm³/mol. The summed E-state index contributed by atoms with van der Waals surface area (Å²) in [7, 11) is 0. The fourth-order valence-electron chi connectivity index (χ4n) is 2.83. The lowest BCUT2D eigenvalue weighted by Gasteiger charge is -2.31. The molecule has 4 nitrogen and oxygen atoms in total. The number of nitrogens with zero attached hydrogens (tertiary/aromatic N) is 3. The molecule has 1 unspecified atom stereocenters. The minimum Gasteiger partial charge on any atom is -0.330 e. The van der Waals surface area contributed by atoms with E-state index in [0.29, 0.717) is 18.6 Å². The highest BCUT2D eigenvalue weighted by molar-refractivity contribution is 5.10. The number of unbranched alkanes of at least 4 members (excludes halogenated alkanes) is 2. The standard InChI is InChI=1S/C16H30N4/c1-3-5-9-19(10-6-4-2)15(11-17)16-12-18-13-20(16)14-7-8-14/h12-15H,3-11,17H2,1-2H3. The van der Waals surface area contributed by atoms with Gasteiger partial charge in [-0.1, -0.05) is 26.7 Å². The molecule has 114 valence electrons. The van der Waals surface area contributed by atoms with Crippen molar-refractivity contribution in [1.29, 1.82) is 0 Å². The van der Waals surface area contributed by atoms with Gasteiger partial charge in [-0.3, -0.25) is 4.90 Å². The van der Waals surface area contributed by atoms with Crippen LogP contribution in [-0.2, 0) is 0 Å². The summed E-state index contributed by atoms with van der Waals surface area (Å²) in [4.78, 5) is 6.95. The molecule has 0 saturated heterocycles. The van der Waals surface area contributed by atoms with Crippen LogP contribution in [0.15, 0.2) is 12.5 Å². The second-order valence-electron chi connectivity index (χ2n) is 5.95. The highest BCUT2D eigenvalue weighted by Crippen LogP contribution is 2.37. The molecule has 1 fully saturated rings. The molecule has 0 aliphatic heterocycles. The Morgan fingerprint density at radius 2 is 1.95 bits per heavy atom. The first kappa shape index (κ1) is 15.5. The molecule has 1 aromatic heterocycles. The summed E-state index contributed by atoms with van der Waals surface area (Å²) >= 11 is 0. The molecule has 1 aliphatic rings. The molecule has 0 amide bonds. The Balaban J connectivity index is 2.10. The maximum Gasteiger partial charge on any atom is 0.0951 e. The summed E-state index contributed by atoms with van der Waals surface area (Å²) < 4.78 is 2.36. The van der Waals surface area contributed by atoms with Crippen molar-refractivity contribution in [2.75, 3.05) is 19.6 Å². The molecular weight excluding hydrogens is 248 g/mol. The van der Waals surface area contributed by atoms with Gasteiger partial charge in [0.25, 0.3) is 0 Å². The molecule has 0 bridgehead atoms. The van der Waals surface area contributed by atoms with Crippen LogP contribution in [0, 0.1) is 0 Å². The highest BCUT2D eigenvalue weighted by atomic mass is 15.2. The largest absolute Gasteiger partial charge is 0.330 e. The van der Waals surface area contributed by atoms with Gasteiger partial charge >= 0.3 is 0 Å². The Morgan fingerprint density at radius 3 is 2.45 bits per heavy atom. The van der Waals surface area contributed by atoms with Crippen molar-refractivity contribution in [1.82, 2.24) is 14.5 Å². The number of aromatic nitrogens is 2. The molecule has 20 heavy (non-hydrogen) atoms. The van der Waals surface area contributed by atoms with Gasteiger partial charge in [0.2, 0.25) is 0 Å². The lowest BCUT2D eigenvalue weighted by molar-refractivity contribution is 0.188.